The number of hydrogen-bond acceptors (Lipinski definition) is 5. The molecule has 0 radical (unpaired) electrons. The summed E-state index contributed by atoms with van der Waals surface area (Å²) >= 11 is 0. The zero-order chi connectivity index (χ0) is 26.6. The van der Waals surface area contributed by atoms with E-state index in [0.717, 1.165) is 28.8 Å². The number of rotatable bonds is 11. The first-order valence-electron chi connectivity index (χ1n) is 12.1. The Morgan fingerprint density at radius 2 is 1.76 bits per heavy atom. The molecule has 0 fully saturated rings. The fraction of sp³-hybridized carbons (Fsp3) is 0.286. The maximum Gasteiger partial charge on any atom is 0.261 e. The van der Waals surface area contributed by atoms with Crippen molar-refractivity contribution in [3.8, 4) is 0 Å². The van der Waals surface area contributed by atoms with Crippen molar-refractivity contribution in [2.24, 2.45) is 0 Å². The normalized spacial score (nSPS) is 13.9. The van der Waals surface area contributed by atoms with Crippen LogP contribution in [0.15, 0.2) is 94.9 Å². The topological polar surface area (TPSA) is 100 Å². The molecule has 0 saturated heterocycles. The van der Waals surface area contributed by atoms with E-state index in [1.807, 2.05) is 30.5 Å². The molecule has 196 valence electrons. The number of aromatic nitrogens is 1. The molecule has 0 aliphatic carbocycles. The Morgan fingerprint density at radius 1 is 1.00 bits per heavy atom. The van der Waals surface area contributed by atoms with E-state index < -0.39 is 26.9 Å². The first kappa shape index (κ1) is 27.1. The van der Waals surface area contributed by atoms with Crippen molar-refractivity contribution in [2.45, 2.75) is 48.2 Å². The third kappa shape index (κ3) is 6.87. The van der Waals surface area contributed by atoms with Gasteiger partial charge in [0, 0.05) is 63.4 Å². The van der Waals surface area contributed by atoms with Gasteiger partial charge in [-0.05, 0) is 74.4 Å². The van der Waals surface area contributed by atoms with Gasteiger partial charge in [0.05, 0.1) is 11.0 Å². The highest BCUT2D eigenvalue weighted by atomic mass is 32.2. The van der Waals surface area contributed by atoms with Crippen LogP contribution in [0.3, 0.4) is 0 Å². The van der Waals surface area contributed by atoms with Crippen molar-refractivity contribution in [1.82, 2.24) is 9.88 Å². The molecule has 0 amide bonds. The van der Waals surface area contributed by atoms with Gasteiger partial charge in [0.2, 0.25) is 0 Å². The second-order valence-corrected chi connectivity index (χ2v) is 12.8. The van der Waals surface area contributed by atoms with Crippen molar-refractivity contribution in [3.05, 3.63) is 90.6 Å². The second kappa shape index (κ2) is 11.2. The lowest BCUT2D eigenvalue weighted by atomic mass is 9.99. The Morgan fingerprint density at radius 3 is 2.49 bits per heavy atom. The number of nitrogens with one attached hydrogen (secondary N) is 2. The summed E-state index contributed by atoms with van der Waals surface area (Å²) in [6, 6.07) is 22.9. The number of benzene rings is 3. The summed E-state index contributed by atoms with van der Waals surface area (Å²) in [7, 11) is -4.72. The standard InChI is InChI=1S/C28H33N3O4S2/c1-28(2,15-17-31-16-14-21-19-24(36(3)33)12-13-26(21)31)29-20-27(32)22-8-7-9-23(18-22)30-37(34,35)25-10-5-4-6-11-25/h4-14,16,18-19,27,29-30,32H,15,17,20H2,1-3H3. The van der Waals surface area contributed by atoms with Crippen LogP contribution in [0, 0.1) is 0 Å². The van der Waals surface area contributed by atoms with Gasteiger partial charge in [0.1, 0.15) is 0 Å². The molecule has 2 atom stereocenters. The zero-order valence-electron chi connectivity index (χ0n) is 21.2. The van der Waals surface area contributed by atoms with Crippen molar-refractivity contribution in [2.75, 3.05) is 17.5 Å². The number of aliphatic hydroxyl groups excluding tert-OH is 1. The number of nitrogens with zero attached hydrogens (tertiary/aromatic N) is 1. The Labute approximate surface area is 221 Å². The van der Waals surface area contributed by atoms with E-state index in [2.05, 4.69) is 28.5 Å². The predicted octanol–water partition coefficient (Wildman–Crippen LogP) is 4.67. The smallest absolute Gasteiger partial charge is 0.261 e. The van der Waals surface area contributed by atoms with Crippen LogP contribution in [0.5, 0.6) is 0 Å². The minimum atomic E-state index is -3.71. The Bertz CT molecular complexity index is 1500. The molecule has 3 N–H and O–H groups in total. The molecule has 0 saturated carbocycles. The van der Waals surface area contributed by atoms with Crippen LogP contribution in [0.25, 0.3) is 10.9 Å². The van der Waals surface area contributed by atoms with Gasteiger partial charge in [-0.25, -0.2) is 8.42 Å². The van der Waals surface area contributed by atoms with E-state index in [1.54, 1.807) is 48.7 Å². The molecule has 0 spiro atoms. The van der Waals surface area contributed by atoms with Gasteiger partial charge >= 0.3 is 0 Å². The van der Waals surface area contributed by atoms with Crippen molar-refractivity contribution >= 4 is 37.4 Å². The molecule has 37 heavy (non-hydrogen) atoms. The quantitative estimate of drug-likeness (QED) is 0.257. The van der Waals surface area contributed by atoms with E-state index in [4.69, 9.17) is 0 Å². The van der Waals surface area contributed by atoms with Crippen molar-refractivity contribution < 1.29 is 17.7 Å². The first-order chi connectivity index (χ1) is 17.5. The average Bonchev–Trinajstić information content (AvgIpc) is 3.29. The summed E-state index contributed by atoms with van der Waals surface area (Å²) in [6.45, 7) is 5.28. The number of anilines is 1. The highest BCUT2D eigenvalue weighted by molar-refractivity contribution is 7.92. The van der Waals surface area contributed by atoms with E-state index in [0.29, 0.717) is 17.8 Å². The summed E-state index contributed by atoms with van der Waals surface area (Å²) in [5, 5.41) is 15.3. The molecule has 1 aromatic heterocycles. The van der Waals surface area contributed by atoms with E-state index in [1.165, 1.54) is 12.1 Å². The highest BCUT2D eigenvalue weighted by Crippen LogP contribution is 2.23. The molecule has 1 heterocycles. The number of hydrogen-bond donors (Lipinski definition) is 3. The zero-order valence-corrected chi connectivity index (χ0v) is 22.9. The maximum atomic E-state index is 12.6. The van der Waals surface area contributed by atoms with Gasteiger partial charge in [-0.3, -0.25) is 8.93 Å². The molecule has 2 unspecified atom stereocenters. The molecular formula is C28H33N3O4S2. The molecule has 4 aromatic rings. The molecular weight excluding hydrogens is 506 g/mol. The second-order valence-electron chi connectivity index (χ2n) is 9.76. The van der Waals surface area contributed by atoms with Crippen LogP contribution in [0.4, 0.5) is 5.69 Å². The number of aryl methyl sites for hydroxylation is 1. The van der Waals surface area contributed by atoms with Gasteiger partial charge in [-0.15, -0.1) is 0 Å². The summed E-state index contributed by atoms with van der Waals surface area (Å²) in [5.74, 6) is 0. The van der Waals surface area contributed by atoms with Crippen LogP contribution in [0.2, 0.25) is 0 Å². The van der Waals surface area contributed by atoms with Gasteiger partial charge in [0.15, 0.2) is 0 Å². The molecule has 3 aromatic carbocycles. The minimum Gasteiger partial charge on any atom is -0.387 e. The van der Waals surface area contributed by atoms with Crippen molar-refractivity contribution in [1.29, 1.82) is 0 Å². The number of β-amino-alcohol motifs (C(OH)–C–C–N with tert-alkyl or cyclic N) is 1. The van der Waals surface area contributed by atoms with Crippen LogP contribution in [-0.2, 0) is 27.4 Å². The third-order valence-corrected chi connectivity index (χ3v) is 8.72. The SMILES string of the molecule is CS(=O)c1ccc2c(ccn2CCC(C)(C)NCC(O)c2cccc(NS(=O)(=O)c3ccccc3)c2)c1. The first-order valence-corrected chi connectivity index (χ1v) is 15.1. The fourth-order valence-electron chi connectivity index (χ4n) is 4.15. The monoisotopic (exact) mass is 539 g/mol. The van der Waals surface area contributed by atoms with Gasteiger partial charge in [0.25, 0.3) is 10.0 Å². The molecule has 0 aliphatic rings. The van der Waals surface area contributed by atoms with E-state index >= 15 is 0 Å². The predicted molar refractivity (Wildman–Crippen MR) is 150 cm³/mol. The Kier molecular flexibility index (Phi) is 8.18. The van der Waals surface area contributed by atoms with Gasteiger partial charge < -0.3 is 15.0 Å². The number of fused-ring (bicyclic) bond motifs is 1. The van der Waals surface area contributed by atoms with Crippen molar-refractivity contribution in [3.63, 3.8) is 0 Å². The Balaban J connectivity index is 1.35. The third-order valence-electron chi connectivity index (χ3n) is 6.40. The molecule has 0 aliphatic heterocycles. The van der Waals surface area contributed by atoms with Crippen LogP contribution in [0.1, 0.15) is 31.9 Å². The van der Waals surface area contributed by atoms with Gasteiger partial charge in [-0.1, -0.05) is 30.3 Å². The van der Waals surface area contributed by atoms with Crippen LogP contribution < -0.4 is 10.0 Å². The summed E-state index contributed by atoms with van der Waals surface area (Å²) < 4.78 is 41.8. The lowest BCUT2D eigenvalue weighted by Crippen LogP contribution is -2.42. The highest BCUT2D eigenvalue weighted by Gasteiger charge is 2.20. The summed E-state index contributed by atoms with van der Waals surface area (Å²) in [6.07, 6.45) is 3.74. The molecule has 4 rings (SSSR count). The van der Waals surface area contributed by atoms with Gasteiger partial charge in [-0.2, -0.15) is 0 Å². The molecule has 0 bridgehead atoms. The lowest BCUT2D eigenvalue weighted by Gasteiger charge is -2.28. The summed E-state index contributed by atoms with van der Waals surface area (Å²) in [5.41, 5.74) is 1.86. The van der Waals surface area contributed by atoms with Crippen LogP contribution in [-0.4, -0.2) is 40.6 Å². The Hall–Kier alpha value is -2.98. The minimum absolute atomic E-state index is 0.181. The molecule has 9 heteroatoms. The number of aliphatic hydroxyl groups is 1. The lowest BCUT2D eigenvalue weighted by molar-refractivity contribution is 0.158. The molecule has 7 nitrogen and oxygen atoms in total. The van der Waals surface area contributed by atoms with E-state index in [-0.39, 0.29) is 10.4 Å². The summed E-state index contributed by atoms with van der Waals surface area (Å²) in [4.78, 5) is 0.999. The average molecular weight is 540 g/mol. The van der Waals surface area contributed by atoms with Crippen LogP contribution >= 0.6 is 0 Å². The maximum absolute atomic E-state index is 12.6. The number of sulfonamides is 1. The fourth-order valence-corrected chi connectivity index (χ4v) is 5.78. The largest absolute Gasteiger partial charge is 0.387 e. The van der Waals surface area contributed by atoms with E-state index in [9.17, 15) is 17.7 Å².